The van der Waals surface area contributed by atoms with Gasteiger partial charge in [-0.15, -0.1) is 16.7 Å². The zero-order valence-electron chi connectivity index (χ0n) is 7.78. The smallest absolute Gasteiger partial charge is 0.0810 e. The van der Waals surface area contributed by atoms with E-state index in [-0.39, 0.29) is 0 Å². The molecule has 0 aliphatic heterocycles. The molecule has 0 aliphatic carbocycles. The molecule has 1 rings (SSSR count). The van der Waals surface area contributed by atoms with E-state index < -0.39 is 0 Å². The fourth-order valence-corrected chi connectivity index (χ4v) is 1.17. The Hall–Kier alpha value is -0.830. The topological polar surface area (TPSA) is 30.7 Å². The van der Waals surface area contributed by atoms with E-state index >= 15 is 0 Å². The van der Waals surface area contributed by atoms with E-state index in [2.05, 4.69) is 17.2 Å². The molecule has 0 atom stereocenters. The standard InChI is InChI=1S/C9H14ClN3/c1-2-7-13-9(8-11-12-13)5-3-4-6-10/h3,5,8H,2,4,6-7H2,1H3/b5-3+. The largest absolute Gasteiger partial charge is 0.245 e. The molecule has 13 heavy (non-hydrogen) atoms. The Bertz CT molecular complexity index is 268. The minimum Gasteiger partial charge on any atom is -0.245 e. The number of rotatable bonds is 5. The van der Waals surface area contributed by atoms with Gasteiger partial charge in [-0.25, -0.2) is 4.68 Å². The molecular weight excluding hydrogens is 186 g/mol. The highest BCUT2D eigenvalue weighted by Crippen LogP contribution is 2.01. The molecule has 1 heterocycles. The third kappa shape index (κ3) is 3.19. The summed E-state index contributed by atoms with van der Waals surface area (Å²) >= 11 is 5.55. The van der Waals surface area contributed by atoms with Gasteiger partial charge in [-0.2, -0.15) is 0 Å². The molecule has 0 aliphatic rings. The summed E-state index contributed by atoms with van der Waals surface area (Å²) in [6.07, 6.45) is 7.77. The number of alkyl halides is 1. The summed E-state index contributed by atoms with van der Waals surface area (Å²) in [5.74, 6) is 0.659. The summed E-state index contributed by atoms with van der Waals surface area (Å²) < 4.78 is 1.89. The number of halogens is 1. The van der Waals surface area contributed by atoms with Crippen molar-refractivity contribution in [2.24, 2.45) is 0 Å². The van der Waals surface area contributed by atoms with Crippen molar-refractivity contribution in [3.8, 4) is 0 Å². The maximum Gasteiger partial charge on any atom is 0.0810 e. The van der Waals surface area contributed by atoms with Gasteiger partial charge in [0.15, 0.2) is 0 Å². The van der Waals surface area contributed by atoms with Crippen molar-refractivity contribution >= 4 is 17.7 Å². The predicted molar refractivity (Wildman–Crippen MR) is 54.7 cm³/mol. The molecule has 1 aromatic rings. The molecule has 1 aromatic heterocycles. The van der Waals surface area contributed by atoms with Crippen LogP contribution in [0.2, 0.25) is 0 Å². The number of allylic oxidation sites excluding steroid dienone is 1. The van der Waals surface area contributed by atoms with E-state index in [1.807, 2.05) is 16.8 Å². The maximum atomic E-state index is 5.55. The lowest BCUT2D eigenvalue weighted by atomic mass is 10.3. The summed E-state index contributed by atoms with van der Waals surface area (Å²) in [7, 11) is 0. The summed E-state index contributed by atoms with van der Waals surface area (Å²) in [6, 6.07) is 0. The molecular formula is C9H14ClN3. The lowest BCUT2D eigenvalue weighted by molar-refractivity contribution is 0.575. The molecule has 4 heteroatoms. The molecule has 3 nitrogen and oxygen atoms in total. The molecule has 0 aromatic carbocycles. The molecule has 0 N–H and O–H groups in total. The molecule has 0 bridgehead atoms. The Morgan fingerprint density at radius 3 is 3.15 bits per heavy atom. The summed E-state index contributed by atoms with van der Waals surface area (Å²) in [6.45, 7) is 3.04. The van der Waals surface area contributed by atoms with E-state index in [1.165, 1.54) is 0 Å². The van der Waals surface area contributed by atoms with Crippen LogP contribution in [0.4, 0.5) is 0 Å². The lowest BCUT2D eigenvalue weighted by Crippen LogP contribution is -2.01. The third-order valence-corrected chi connectivity index (χ3v) is 1.87. The van der Waals surface area contributed by atoms with Crippen molar-refractivity contribution in [3.63, 3.8) is 0 Å². The van der Waals surface area contributed by atoms with Crippen LogP contribution in [-0.2, 0) is 6.54 Å². The number of hydrogen-bond acceptors (Lipinski definition) is 2. The summed E-state index contributed by atoms with van der Waals surface area (Å²) in [5, 5.41) is 7.82. The van der Waals surface area contributed by atoms with Crippen LogP contribution in [0.25, 0.3) is 6.08 Å². The fourth-order valence-electron chi connectivity index (χ4n) is 1.05. The number of hydrogen-bond donors (Lipinski definition) is 0. The van der Waals surface area contributed by atoms with E-state index in [1.54, 1.807) is 6.20 Å². The molecule has 0 spiro atoms. The maximum absolute atomic E-state index is 5.55. The lowest BCUT2D eigenvalue weighted by Gasteiger charge is -1.98. The molecule has 72 valence electrons. The second kappa shape index (κ2) is 5.75. The number of aryl methyl sites for hydroxylation is 1. The van der Waals surface area contributed by atoms with Gasteiger partial charge in [-0.1, -0.05) is 18.2 Å². The predicted octanol–water partition coefficient (Wildman–Crippen LogP) is 2.33. The molecule has 0 fully saturated rings. The van der Waals surface area contributed by atoms with Gasteiger partial charge in [-0.05, 0) is 18.9 Å². The van der Waals surface area contributed by atoms with Gasteiger partial charge in [0.05, 0.1) is 11.9 Å². The molecule has 0 amide bonds. The SMILES string of the molecule is CCCn1nncc1/C=C/CCCl. The first-order valence-electron chi connectivity index (χ1n) is 4.49. The normalized spacial score (nSPS) is 11.2. The van der Waals surface area contributed by atoms with Gasteiger partial charge in [0, 0.05) is 12.4 Å². The van der Waals surface area contributed by atoms with Crippen LogP contribution in [0.1, 0.15) is 25.5 Å². The van der Waals surface area contributed by atoms with Crippen LogP contribution >= 0.6 is 11.6 Å². The zero-order valence-corrected chi connectivity index (χ0v) is 8.54. The van der Waals surface area contributed by atoms with Crippen LogP contribution in [0.5, 0.6) is 0 Å². The first kappa shape index (κ1) is 10.3. The van der Waals surface area contributed by atoms with Crippen LogP contribution in [0.15, 0.2) is 12.3 Å². The second-order valence-corrected chi connectivity index (χ2v) is 3.14. The molecule has 0 saturated carbocycles. The molecule has 0 radical (unpaired) electrons. The van der Waals surface area contributed by atoms with Gasteiger partial charge in [0.2, 0.25) is 0 Å². The van der Waals surface area contributed by atoms with Gasteiger partial charge < -0.3 is 0 Å². The van der Waals surface area contributed by atoms with Gasteiger partial charge in [0.25, 0.3) is 0 Å². The average Bonchev–Trinajstić information content (AvgIpc) is 2.54. The summed E-state index contributed by atoms with van der Waals surface area (Å²) in [4.78, 5) is 0. The van der Waals surface area contributed by atoms with Crippen molar-refractivity contribution in [1.82, 2.24) is 15.0 Å². The van der Waals surface area contributed by atoms with Crippen LogP contribution < -0.4 is 0 Å². The Morgan fingerprint density at radius 1 is 1.62 bits per heavy atom. The van der Waals surface area contributed by atoms with Gasteiger partial charge in [0.1, 0.15) is 0 Å². The highest BCUT2D eigenvalue weighted by Gasteiger charge is 1.97. The van der Waals surface area contributed by atoms with Gasteiger partial charge in [-0.3, -0.25) is 0 Å². The van der Waals surface area contributed by atoms with Gasteiger partial charge >= 0.3 is 0 Å². The highest BCUT2D eigenvalue weighted by atomic mass is 35.5. The minimum absolute atomic E-state index is 0.659. The Kier molecular flexibility index (Phi) is 4.54. The Labute approximate surface area is 83.4 Å². The Morgan fingerprint density at radius 2 is 2.46 bits per heavy atom. The minimum atomic E-state index is 0.659. The Balaban J connectivity index is 2.59. The molecule has 0 unspecified atom stereocenters. The van der Waals surface area contributed by atoms with E-state index in [0.29, 0.717) is 5.88 Å². The highest BCUT2D eigenvalue weighted by molar-refractivity contribution is 6.17. The zero-order chi connectivity index (χ0) is 9.52. The van der Waals surface area contributed by atoms with E-state index in [9.17, 15) is 0 Å². The van der Waals surface area contributed by atoms with Crippen LogP contribution in [0.3, 0.4) is 0 Å². The summed E-state index contributed by atoms with van der Waals surface area (Å²) in [5.41, 5.74) is 1.05. The molecule has 0 saturated heterocycles. The number of nitrogens with zero attached hydrogens (tertiary/aromatic N) is 3. The monoisotopic (exact) mass is 199 g/mol. The van der Waals surface area contributed by atoms with Crippen molar-refractivity contribution in [3.05, 3.63) is 18.0 Å². The fraction of sp³-hybridized carbons (Fsp3) is 0.556. The van der Waals surface area contributed by atoms with Crippen molar-refractivity contribution in [2.75, 3.05) is 5.88 Å². The second-order valence-electron chi connectivity index (χ2n) is 2.76. The van der Waals surface area contributed by atoms with Crippen LogP contribution in [-0.4, -0.2) is 20.9 Å². The number of aromatic nitrogens is 3. The first-order valence-corrected chi connectivity index (χ1v) is 5.03. The van der Waals surface area contributed by atoms with Crippen LogP contribution in [0, 0.1) is 0 Å². The van der Waals surface area contributed by atoms with Crippen molar-refractivity contribution < 1.29 is 0 Å². The van der Waals surface area contributed by atoms with Crippen molar-refractivity contribution in [1.29, 1.82) is 0 Å². The van der Waals surface area contributed by atoms with E-state index in [4.69, 9.17) is 11.6 Å². The van der Waals surface area contributed by atoms with Crippen molar-refractivity contribution in [2.45, 2.75) is 26.3 Å². The quantitative estimate of drug-likeness (QED) is 0.682. The average molecular weight is 200 g/mol. The first-order chi connectivity index (χ1) is 6.38. The van der Waals surface area contributed by atoms with E-state index in [0.717, 1.165) is 25.1 Å². The third-order valence-electron chi connectivity index (χ3n) is 1.65.